The maximum absolute atomic E-state index is 9.73. The maximum Gasteiger partial charge on any atom is 0.205 e. The van der Waals surface area contributed by atoms with Gasteiger partial charge in [-0.25, -0.2) is 0 Å². The maximum atomic E-state index is 9.73. The second-order valence-corrected chi connectivity index (χ2v) is 6.91. The number of allylic oxidation sites excluding steroid dienone is 1. The standard InChI is InChI=1S/C20H16N2O3S/c1-23-11-7-8-12(15(9-11)24-2)17-14(10-21)20(22)25-18-13-5-3-4-6-16(13)26-19(17)18/h3-9,17H,22H2,1-2H3/t17-/m1/s1. The van der Waals surface area contributed by atoms with Gasteiger partial charge < -0.3 is 19.9 Å². The van der Waals surface area contributed by atoms with Gasteiger partial charge in [0.05, 0.1) is 25.0 Å². The van der Waals surface area contributed by atoms with Gasteiger partial charge in [-0.2, -0.15) is 5.26 Å². The number of nitriles is 1. The highest BCUT2D eigenvalue weighted by Gasteiger charge is 2.35. The zero-order chi connectivity index (χ0) is 18.3. The van der Waals surface area contributed by atoms with Crippen LogP contribution in [-0.2, 0) is 0 Å². The van der Waals surface area contributed by atoms with E-state index in [1.54, 1.807) is 25.6 Å². The number of fused-ring (bicyclic) bond motifs is 3. The fraction of sp³-hybridized carbons (Fsp3) is 0.150. The van der Waals surface area contributed by atoms with E-state index in [-0.39, 0.29) is 11.8 Å². The van der Waals surface area contributed by atoms with Crippen LogP contribution in [0.15, 0.2) is 53.9 Å². The average molecular weight is 364 g/mol. The highest BCUT2D eigenvalue weighted by Crippen LogP contribution is 2.52. The number of ether oxygens (including phenoxy) is 3. The molecule has 0 fully saturated rings. The van der Waals surface area contributed by atoms with Gasteiger partial charge >= 0.3 is 0 Å². The number of hydrogen-bond acceptors (Lipinski definition) is 6. The van der Waals surface area contributed by atoms with Crippen molar-refractivity contribution >= 4 is 21.4 Å². The number of rotatable bonds is 3. The molecule has 1 atom stereocenters. The largest absolute Gasteiger partial charge is 0.497 e. The SMILES string of the molecule is COc1ccc([C@@H]2C(C#N)=C(N)Oc3c2sc2ccccc32)c(OC)c1. The summed E-state index contributed by atoms with van der Waals surface area (Å²) in [5.41, 5.74) is 7.34. The van der Waals surface area contributed by atoms with Crippen molar-refractivity contribution in [1.29, 1.82) is 5.26 Å². The van der Waals surface area contributed by atoms with Gasteiger partial charge in [0.1, 0.15) is 23.1 Å². The molecule has 4 rings (SSSR count). The molecule has 2 heterocycles. The normalized spacial score (nSPS) is 16.0. The van der Waals surface area contributed by atoms with E-state index in [2.05, 4.69) is 6.07 Å². The topological polar surface area (TPSA) is 77.5 Å². The van der Waals surface area contributed by atoms with Gasteiger partial charge in [0.15, 0.2) is 5.75 Å². The van der Waals surface area contributed by atoms with E-state index in [4.69, 9.17) is 19.9 Å². The summed E-state index contributed by atoms with van der Waals surface area (Å²) in [6.07, 6.45) is 0. The van der Waals surface area contributed by atoms with Crippen LogP contribution < -0.4 is 19.9 Å². The quantitative estimate of drug-likeness (QED) is 0.756. The summed E-state index contributed by atoms with van der Waals surface area (Å²) in [6, 6.07) is 15.8. The number of benzene rings is 2. The molecule has 0 saturated heterocycles. The van der Waals surface area contributed by atoms with Crippen molar-refractivity contribution in [3.8, 4) is 23.3 Å². The van der Waals surface area contributed by atoms with Crippen molar-refractivity contribution < 1.29 is 14.2 Å². The minimum absolute atomic E-state index is 0.131. The van der Waals surface area contributed by atoms with Crippen molar-refractivity contribution in [1.82, 2.24) is 0 Å². The molecule has 5 nitrogen and oxygen atoms in total. The molecule has 26 heavy (non-hydrogen) atoms. The molecule has 2 N–H and O–H groups in total. The summed E-state index contributed by atoms with van der Waals surface area (Å²) in [7, 11) is 3.20. The number of thiophene rings is 1. The Morgan fingerprint density at radius 3 is 2.69 bits per heavy atom. The molecule has 0 bridgehead atoms. The summed E-state index contributed by atoms with van der Waals surface area (Å²) in [6.45, 7) is 0. The van der Waals surface area contributed by atoms with Crippen LogP contribution in [0, 0.1) is 11.3 Å². The van der Waals surface area contributed by atoms with Gasteiger partial charge in [0.2, 0.25) is 5.88 Å². The Hall–Kier alpha value is -3.17. The lowest BCUT2D eigenvalue weighted by Crippen LogP contribution is -2.20. The zero-order valence-electron chi connectivity index (χ0n) is 14.3. The fourth-order valence-corrected chi connectivity index (χ4v) is 4.51. The Bertz CT molecular complexity index is 1080. The third-order valence-electron chi connectivity index (χ3n) is 4.48. The molecule has 1 aliphatic rings. The van der Waals surface area contributed by atoms with E-state index in [9.17, 15) is 5.26 Å². The molecular weight excluding hydrogens is 348 g/mol. The van der Waals surface area contributed by atoms with Crippen LogP contribution >= 0.6 is 11.3 Å². The predicted octanol–water partition coefficient (Wildman–Crippen LogP) is 4.14. The molecule has 0 aliphatic carbocycles. The Labute approximate surface area is 154 Å². The monoisotopic (exact) mass is 364 g/mol. The smallest absolute Gasteiger partial charge is 0.205 e. The number of nitrogens with two attached hydrogens (primary N) is 1. The van der Waals surface area contributed by atoms with Crippen molar-refractivity contribution in [3.63, 3.8) is 0 Å². The van der Waals surface area contributed by atoms with Gasteiger partial charge in [-0.3, -0.25) is 0 Å². The Kier molecular flexibility index (Phi) is 3.94. The molecule has 3 aromatic rings. The average Bonchev–Trinajstić information content (AvgIpc) is 3.04. The van der Waals surface area contributed by atoms with Crippen molar-refractivity contribution in [2.75, 3.05) is 14.2 Å². The predicted molar refractivity (Wildman–Crippen MR) is 101 cm³/mol. The van der Waals surface area contributed by atoms with Gasteiger partial charge in [0, 0.05) is 21.7 Å². The van der Waals surface area contributed by atoms with Crippen molar-refractivity contribution in [3.05, 3.63) is 64.4 Å². The van der Waals surface area contributed by atoms with Gasteiger partial charge in [-0.05, 0) is 18.2 Å². The lowest BCUT2D eigenvalue weighted by molar-refractivity contribution is 0.384. The lowest BCUT2D eigenvalue weighted by Gasteiger charge is -2.25. The van der Waals surface area contributed by atoms with Crippen LogP contribution in [0.25, 0.3) is 10.1 Å². The highest BCUT2D eigenvalue weighted by atomic mass is 32.1. The Morgan fingerprint density at radius 2 is 1.96 bits per heavy atom. The molecule has 6 heteroatoms. The van der Waals surface area contributed by atoms with Crippen LogP contribution in [-0.4, -0.2) is 14.2 Å². The minimum atomic E-state index is -0.345. The number of nitrogens with zero attached hydrogens (tertiary/aromatic N) is 1. The Balaban J connectivity index is 1.99. The first kappa shape index (κ1) is 16.3. The summed E-state index contributed by atoms with van der Waals surface area (Å²) >= 11 is 1.60. The van der Waals surface area contributed by atoms with Crippen LogP contribution in [0.4, 0.5) is 0 Å². The van der Waals surface area contributed by atoms with Gasteiger partial charge in [-0.1, -0.05) is 18.2 Å². The van der Waals surface area contributed by atoms with E-state index in [0.717, 1.165) is 20.5 Å². The number of hydrogen-bond donors (Lipinski definition) is 1. The van der Waals surface area contributed by atoms with E-state index >= 15 is 0 Å². The molecule has 0 amide bonds. The molecule has 0 spiro atoms. The number of methoxy groups -OCH3 is 2. The summed E-state index contributed by atoms with van der Waals surface area (Å²) in [4.78, 5) is 0.945. The second kappa shape index (κ2) is 6.28. The molecule has 0 saturated carbocycles. The van der Waals surface area contributed by atoms with E-state index in [0.29, 0.717) is 22.8 Å². The molecule has 1 aromatic heterocycles. The molecule has 0 radical (unpaired) electrons. The van der Waals surface area contributed by atoms with Crippen LogP contribution in [0.1, 0.15) is 16.4 Å². The van der Waals surface area contributed by atoms with Gasteiger partial charge in [-0.15, -0.1) is 11.3 Å². The summed E-state index contributed by atoms with van der Waals surface area (Å²) in [5, 5.41) is 10.7. The van der Waals surface area contributed by atoms with E-state index in [1.807, 2.05) is 42.5 Å². The van der Waals surface area contributed by atoms with Crippen molar-refractivity contribution in [2.24, 2.45) is 5.73 Å². The first-order chi connectivity index (χ1) is 12.7. The molecule has 1 aliphatic heterocycles. The van der Waals surface area contributed by atoms with Crippen LogP contribution in [0.3, 0.4) is 0 Å². The molecule has 0 unspecified atom stereocenters. The van der Waals surface area contributed by atoms with E-state index in [1.165, 1.54) is 0 Å². The Morgan fingerprint density at radius 1 is 1.15 bits per heavy atom. The molecular formula is C20H16N2O3S. The highest BCUT2D eigenvalue weighted by molar-refractivity contribution is 7.19. The van der Waals surface area contributed by atoms with Gasteiger partial charge in [0.25, 0.3) is 0 Å². The second-order valence-electron chi connectivity index (χ2n) is 5.82. The zero-order valence-corrected chi connectivity index (χ0v) is 15.1. The summed E-state index contributed by atoms with van der Waals surface area (Å²) < 4.78 is 17.8. The van der Waals surface area contributed by atoms with E-state index < -0.39 is 0 Å². The third kappa shape index (κ3) is 2.37. The van der Waals surface area contributed by atoms with Crippen LogP contribution in [0.2, 0.25) is 0 Å². The first-order valence-electron chi connectivity index (χ1n) is 7.98. The molecule has 2 aromatic carbocycles. The summed E-state index contributed by atoms with van der Waals surface area (Å²) in [5.74, 6) is 1.82. The minimum Gasteiger partial charge on any atom is -0.497 e. The third-order valence-corrected chi connectivity index (χ3v) is 5.69. The first-order valence-corrected chi connectivity index (χ1v) is 8.80. The lowest BCUT2D eigenvalue weighted by atomic mass is 9.87. The fourth-order valence-electron chi connectivity index (χ4n) is 3.25. The molecule has 130 valence electrons. The van der Waals surface area contributed by atoms with Crippen molar-refractivity contribution in [2.45, 2.75) is 5.92 Å². The van der Waals surface area contributed by atoms with Crippen LogP contribution in [0.5, 0.6) is 17.2 Å².